The van der Waals surface area contributed by atoms with Gasteiger partial charge in [0.15, 0.2) is 5.84 Å². The van der Waals surface area contributed by atoms with Gasteiger partial charge in [-0.3, -0.25) is 15.7 Å². The van der Waals surface area contributed by atoms with Crippen LogP contribution in [0, 0.1) is 0 Å². The maximum Gasteiger partial charge on any atom is 0.154 e. The molecule has 110 valence electrons. The second kappa shape index (κ2) is 6.27. The SMILES string of the molecule is CC(C)(C)N=C(NO)c1ccccc1N1CCCCC1. The number of benzene rings is 1. The van der Waals surface area contributed by atoms with Gasteiger partial charge in [0.1, 0.15) is 0 Å². The van der Waals surface area contributed by atoms with Crippen LogP contribution in [0.25, 0.3) is 0 Å². The highest BCUT2D eigenvalue weighted by atomic mass is 16.5. The highest BCUT2D eigenvalue weighted by Crippen LogP contribution is 2.25. The molecule has 1 aliphatic heterocycles. The predicted molar refractivity (Wildman–Crippen MR) is 83.7 cm³/mol. The number of piperidine rings is 1. The molecule has 1 aromatic rings. The standard InChI is InChI=1S/C16H25N3O/c1-16(2,3)17-15(18-20)13-9-5-6-10-14(13)19-11-7-4-8-12-19/h5-6,9-10,20H,4,7-8,11-12H2,1-3H3,(H,17,18). The van der Waals surface area contributed by atoms with Crippen LogP contribution in [-0.2, 0) is 0 Å². The minimum Gasteiger partial charge on any atom is -0.371 e. The predicted octanol–water partition coefficient (Wildman–Crippen LogP) is 3.20. The Morgan fingerprint density at radius 2 is 1.80 bits per heavy atom. The number of amidine groups is 1. The van der Waals surface area contributed by atoms with Gasteiger partial charge in [-0.05, 0) is 52.2 Å². The lowest BCUT2D eigenvalue weighted by molar-refractivity contribution is 0.233. The van der Waals surface area contributed by atoms with Crippen molar-refractivity contribution in [3.8, 4) is 0 Å². The first-order valence-electron chi connectivity index (χ1n) is 7.35. The average molecular weight is 275 g/mol. The molecule has 1 aromatic carbocycles. The molecule has 0 radical (unpaired) electrons. The van der Waals surface area contributed by atoms with Crippen molar-refractivity contribution < 1.29 is 5.21 Å². The van der Waals surface area contributed by atoms with E-state index in [1.165, 1.54) is 19.3 Å². The van der Waals surface area contributed by atoms with E-state index in [4.69, 9.17) is 0 Å². The fourth-order valence-corrected chi connectivity index (χ4v) is 2.57. The summed E-state index contributed by atoms with van der Waals surface area (Å²) >= 11 is 0. The number of aliphatic imine (C=N–C) groups is 1. The molecule has 1 fully saturated rings. The van der Waals surface area contributed by atoms with Crippen molar-refractivity contribution in [3.05, 3.63) is 29.8 Å². The molecular weight excluding hydrogens is 250 g/mol. The van der Waals surface area contributed by atoms with Crippen molar-refractivity contribution in [3.63, 3.8) is 0 Å². The highest BCUT2D eigenvalue weighted by molar-refractivity contribution is 6.03. The molecule has 0 unspecified atom stereocenters. The lowest BCUT2D eigenvalue weighted by Gasteiger charge is -2.31. The number of nitrogens with one attached hydrogen (secondary N) is 1. The van der Waals surface area contributed by atoms with Crippen LogP contribution in [0.4, 0.5) is 5.69 Å². The topological polar surface area (TPSA) is 47.9 Å². The molecule has 0 bridgehead atoms. The van der Waals surface area contributed by atoms with Crippen molar-refractivity contribution in [2.45, 2.75) is 45.6 Å². The Bertz CT molecular complexity index is 471. The Morgan fingerprint density at radius 1 is 1.15 bits per heavy atom. The Morgan fingerprint density at radius 3 is 2.40 bits per heavy atom. The fourth-order valence-electron chi connectivity index (χ4n) is 2.57. The average Bonchev–Trinajstić information content (AvgIpc) is 2.45. The quantitative estimate of drug-likeness (QED) is 0.495. The largest absolute Gasteiger partial charge is 0.371 e. The second-order valence-electron chi connectivity index (χ2n) is 6.31. The van der Waals surface area contributed by atoms with Gasteiger partial charge >= 0.3 is 0 Å². The zero-order chi connectivity index (χ0) is 14.6. The summed E-state index contributed by atoms with van der Waals surface area (Å²) in [7, 11) is 0. The normalized spacial score (nSPS) is 17.2. The zero-order valence-electron chi connectivity index (χ0n) is 12.7. The lowest BCUT2D eigenvalue weighted by atomic mass is 10.1. The molecular formula is C16H25N3O. The minimum atomic E-state index is -0.236. The summed E-state index contributed by atoms with van der Waals surface area (Å²) in [5.41, 5.74) is 4.16. The van der Waals surface area contributed by atoms with E-state index >= 15 is 0 Å². The number of nitrogens with zero attached hydrogens (tertiary/aromatic N) is 2. The fraction of sp³-hybridized carbons (Fsp3) is 0.562. The van der Waals surface area contributed by atoms with Gasteiger partial charge in [-0.25, -0.2) is 0 Å². The molecule has 0 atom stereocenters. The van der Waals surface area contributed by atoms with E-state index in [9.17, 15) is 5.21 Å². The van der Waals surface area contributed by atoms with Crippen LogP contribution in [0.15, 0.2) is 29.3 Å². The van der Waals surface area contributed by atoms with Crippen molar-refractivity contribution in [1.29, 1.82) is 0 Å². The maximum atomic E-state index is 9.47. The summed E-state index contributed by atoms with van der Waals surface area (Å²) in [4.78, 5) is 6.97. The number of hydrogen-bond acceptors (Lipinski definition) is 3. The first-order valence-corrected chi connectivity index (χ1v) is 7.35. The van der Waals surface area contributed by atoms with Gasteiger partial charge in [0.05, 0.1) is 5.54 Å². The third kappa shape index (κ3) is 3.73. The Kier molecular flexibility index (Phi) is 4.65. The molecule has 0 aromatic heterocycles. The van der Waals surface area contributed by atoms with Gasteiger partial charge < -0.3 is 4.90 Å². The molecule has 0 saturated carbocycles. The van der Waals surface area contributed by atoms with Crippen molar-refractivity contribution in [2.75, 3.05) is 18.0 Å². The Balaban J connectivity index is 2.37. The van der Waals surface area contributed by atoms with Crippen molar-refractivity contribution in [2.24, 2.45) is 4.99 Å². The lowest BCUT2D eigenvalue weighted by Crippen LogP contribution is -2.33. The highest BCUT2D eigenvalue weighted by Gasteiger charge is 2.18. The van der Waals surface area contributed by atoms with Gasteiger partial charge in [-0.1, -0.05) is 12.1 Å². The maximum absolute atomic E-state index is 9.47. The van der Waals surface area contributed by atoms with Gasteiger partial charge in [0, 0.05) is 24.3 Å². The zero-order valence-corrected chi connectivity index (χ0v) is 12.7. The molecule has 1 aliphatic rings. The number of para-hydroxylation sites is 1. The molecule has 4 heteroatoms. The van der Waals surface area contributed by atoms with Crippen LogP contribution < -0.4 is 10.4 Å². The molecule has 0 amide bonds. The third-order valence-corrected chi connectivity index (χ3v) is 3.41. The molecule has 2 N–H and O–H groups in total. The molecule has 0 aliphatic carbocycles. The van der Waals surface area contributed by atoms with Crippen LogP contribution in [0.1, 0.15) is 45.6 Å². The first-order chi connectivity index (χ1) is 9.51. The molecule has 0 spiro atoms. The summed E-state index contributed by atoms with van der Waals surface area (Å²) < 4.78 is 0. The number of hydrogen-bond donors (Lipinski definition) is 2. The van der Waals surface area contributed by atoms with Crippen LogP contribution in [0.3, 0.4) is 0 Å². The van der Waals surface area contributed by atoms with Gasteiger partial charge in [-0.15, -0.1) is 0 Å². The summed E-state index contributed by atoms with van der Waals surface area (Å²) in [5, 5.41) is 9.47. The van der Waals surface area contributed by atoms with Crippen molar-refractivity contribution in [1.82, 2.24) is 5.48 Å². The van der Waals surface area contributed by atoms with Crippen LogP contribution in [-0.4, -0.2) is 29.7 Å². The van der Waals surface area contributed by atoms with E-state index in [0.29, 0.717) is 5.84 Å². The summed E-state index contributed by atoms with van der Waals surface area (Å²) in [6, 6.07) is 8.14. The van der Waals surface area contributed by atoms with E-state index in [1.807, 2.05) is 39.0 Å². The smallest absolute Gasteiger partial charge is 0.154 e. The number of anilines is 1. The minimum absolute atomic E-state index is 0.236. The van der Waals surface area contributed by atoms with Crippen molar-refractivity contribution >= 4 is 11.5 Å². The summed E-state index contributed by atoms with van der Waals surface area (Å²) in [6.07, 6.45) is 3.76. The molecule has 2 rings (SSSR count). The molecule has 1 heterocycles. The van der Waals surface area contributed by atoms with Crippen LogP contribution in [0.5, 0.6) is 0 Å². The molecule has 1 saturated heterocycles. The monoisotopic (exact) mass is 275 g/mol. The van der Waals surface area contributed by atoms with E-state index in [1.54, 1.807) is 0 Å². The van der Waals surface area contributed by atoms with Gasteiger partial charge in [0.25, 0.3) is 0 Å². The van der Waals surface area contributed by atoms with E-state index in [2.05, 4.69) is 21.4 Å². The van der Waals surface area contributed by atoms with Gasteiger partial charge in [0.2, 0.25) is 0 Å². The number of rotatable bonds is 2. The Hall–Kier alpha value is -1.55. The Labute approximate surface area is 121 Å². The molecule has 4 nitrogen and oxygen atoms in total. The summed E-state index contributed by atoms with van der Waals surface area (Å²) in [5.74, 6) is 0.540. The second-order valence-corrected chi connectivity index (χ2v) is 6.31. The summed E-state index contributed by atoms with van der Waals surface area (Å²) in [6.45, 7) is 8.21. The van der Waals surface area contributed by atoms with Crippen LogP contribution >= 0.6 is 0 Å². The van der Waals surface area contributed by atoms with Crippen LogP contribution in [0.2, 0.25) is 0 Å². The number of hydroxylamine groups is 1. The molecule has 20 heavy (non-hydrogen) atoms. The van der Waals surface area contributed by atoms with E-state index in [0.717, 1.165) is 24.3 Å². The third-order valence-electron chi connectivity index (χ3n) is 3.41. The van der Waals surface area contributed by atoms with Gasteiger partial charge in [-0.2, -0.15) is 0 Å². The van der Waals surface area contributed by atoms with E-state index < -0.39 is 0 Å². The first kappa shape index (κ1) is 14.9. The van der Waals surface area contributed by atoms with E-state index in [-0.39, 0.29) is 5.54 Å².